The van der Waals surface area contributed by atoms with E-state index in [4.69, 9.17) is 19.2 Å². The maximum Gasteiger partial charge on any atom is 0.293 e. The molecule has 0 bridgehead atoms. The number of hydrogen-bond acceptors (Lipinski definition) is 7. The number of rotatable bonds is 10. The van der Waals surface area contributed by atoms with Crippen LogP contribution in [0.25, 0.3) is 11.3 Å². The van der Waals surface area contributed by atoms with Gasteiger partial charge in [-0.05, 0) is 49.2 Å². The van der Waals surface area contributed by atoms with Crippen LogP contribution in [-0.4, -0.2) is 36.9 Å². The van der Waals surface area contributed by atoms with Crippen molar-refractivity contribution >= 4 is 5.82 Å². The molecule has 1 saturated heterocycles. The molecule has 1 unspecified atom stereocenters. The Morgan fingerprint density at radius 1 is 0.976 bits per heavy atom. The van der Waals surface area contributed by atoms with E-state index < -0.39 is 0 Å². The van der Waals surface area contributed by atoms with Gasteiger partial charge in [0.25, 0.3) is 5.56 Å². The Kier molecular flexibility index (Phi) is 10.8. The molecule has 8 nitrogen and oxygen atoms in total. The normalized spacial score (nSPS) is 14.4. The fourth-order valence-electron chi connectivity index (χ4n) is 4.81. The number of anilines is 1. The molecule has 2 N–H and O–H groups in total. The van der Waals surface area contributed by atoms with Crippen LogP contribution < -0.4 is 30.4 Å². The minimum absolute atomic E-state index is 0.0430. The first kappa shape index (κ1) is 29.7. The highest BCUT2D eigenvalue weighted by Crippen LogP contribution is 2.31. The Morgan fingerprint density at radius 2 is 1.76 bits per heavy atom. The van der Waals surface area contributed by atoms with E-state index in [1.165, 1.54) is 0 Å². The Balaban J connectivity index is 0.00000189. The Bertz CT molecular complexity index is 1450. The number of hydrogen-bond donors (Lipinski definition) is 2. The summed E-state index contributed by atoms with van der Waals surface area (Å²) in [5.74, 6) is 2.38. The first-order chi connectivity index (χ1) is 20.2. The van der Waals surface area contributed by atoms with Crippen molar-refractivity contribution in [2.24, 2.45) is 0 Å². The minimum Gasteiger partial charge on any atom is -0.497 e. The van der Waals surface area contributed by atoms with Gasteiger partial charge >= 0.3 is 0 Å². The number of nitrogens with one attached hydrogen (secondary N) is 2. The van der Waals surface area contributed by atoms with Gasteiger partial charge in [-0.25, -0.2) is 4.98 Å². The number of para-hydroxylation sites is 1. The maximum atomic E-state index is 13.7. The lowest BCUT2D eigenvalue weighted by Crippen LogP contribution is -2.37. The van der Waals surface area contributed by atoms with Crippen molar-refractivity contribution in [2.45, 2.75) is 45.9 Å². The summed E-state index contributed by atoms with van der Waals surface area (Å²) in [5.41, 5.74) is 3.32. The first-order valence-corrected chi connectivity index (χ1v) is 14.2. The van der Waals surface area contributed by atoms with Gasteiger partial charge in [-0.3, -0.25) is 4.79 Å². The van der Waals surface area contributed by atoms with Gasteiger partial charge in [-0.15, -0.1) is 0 Å². The van der Waals surface area contributed by atoms with Gasteiger partial charge in [0.05, 0.1) is 19.9 Å². The van der Waals surface area contributed by atoms with E-state index in [-0.39, 0.29) is 17.4 Å². The Labute approximate surface area is 242 Å². The Morgan fingerprint density at radius 3 is 2.49 bits per heavy atom. The monoisotopic (exact) mass is 556 g/mol. The SMILES string of the molecule is CC.COc1ccc(CNc2nc(-c3ccccc3OCc3ccccc3)cn(C3CCCNC3)c2=O)c(OC)c1. The molecule has 0 radical (unpaired) electrons. The van der Waals surface area contributed by atoms with E-state index in [9.17, 15) is 4.79 Å². The third kappa shape index (κ3) is 7.46. The number of aromatic nitrogens is 2. The smallest absolute Gasteiger partial charge is 0.293 e. The number of piperidine rings is 1. The summed E-state index contributed by atoms with van der Waals surface area (Å²) < 4.78 is 18.9. The second kappa shape index (κ2) is 14.9. The van der Waals surface area contributed by atoms with Crippen molar-refractivity contribution in [3.8, 4) is 28.5 Å². The van der Waals surface area contributed by atoms with Crippen molar-refractivity contribution in [1.29, 1.82) is 0 Å². The summed E-state index contributed by atoms with van der Waals surface area (Å²) in [6.45, 7) is 6.50. The quantitative estimate of drug-likeness (QED) is 0.245. The number of nitrogens with zero attached hydrogens (tertiary/aromatic N) is 2. The van der Waals surface area contributed by atoms with Crippen LogP contribution in [0.15, 0.2) is 83.8 Å². The average molecular weight is 557 g/mol. The molecule has 1 aliphatic rings. The van der Waals surface area contributed by atoms with Crippen molar-refractivity contribution in [2.75, 3.05) is 32.6 Å². The van der Waals surface area contributed by atoms with E-state index in [2.05, 4.69) is 10.6 Å². The van der Waals surface area contributed by atoms with Crippen LogP contribution in [0.5, 0.6) is 17.2 Å². The summed E-state index contributed by atoms with van der Waals surface area (Å²) in [5, 5.41) is 6.70. The highest BCUT2D eigenvalue weighted by atomic mass is 16.5. The van der Waals surface area contributed by atoms with E-state index in [0.29, 0.717) is 36.1 Å². The standard InChI is InChI=1S/C31H34N4O4.C2H6/c1-37-25-15-14-23(29(17-25)38-2)18-33-30-31(36)35(24-11-8-16-32-19-24)20-27(34-30)26-12-6-7-13-28(26)39-21-22-9-4-3-5-10-22;1-2/h3-7,9-10,12-15,17,20,24,32H,8,11,16,18-19,21H2,1-2H3,(H,33,34);1-2H3. The molecule has 41 heavy (non-hydrogen) atoms. The molecule has 3 aromatic carbocycles. The van der Waals surface area contributed by atoms with Gasteiger partial charge < -0.3 is 29.4 Å². The molecular formula is C33H40N4O4. The lowest BCUT2D eigenvalue weighted by molar-refractivity contribution is 0.307. The van der Waals surface area contributed by atoms with E-state index >= 15 is 0 Å². The molecule has 0 aliphatic carbocycles. The minimum atomic E-state index is -0.150. The van der Waals surface area contributed by atoms with Crippen LogP contribution in [0.1, 0.15) is 43.9 Å². The Hall–Kier alpha value is -4.30. The second-order valence-electron chi connectivity index (χ2n) is 9.49. The van der Waals surface area contributed by atoms with Crippen molar-refractivity contribution in [3.63, 3.8) is 0 Å². The molecule has 216 valence electrons. The number of ether oxygens (including phenoxy) is 3. The third-order valence-electron chi connectivity index (χ3n) is 6.94. The fourth-order valence-corrected chi connectivity index (χ4v) is 4.81. The molecule has 0 spiro atoms. The zero-order chi connectivity index (χ0) is 29.0. The van der Waals surface area contributed by atoms with E-state index in [0.717, 1.165) is 42.6 Å². The van der Waals surface area contributed by atoms with Gasteiger partial charge in [0, 0.05) is 42.5 Å². The van der Waals surface area contributed by atoms with Crippen LogP contribution in [0, 0.1) is 0 Å². The number of benzene rings is 3. The van der Waals surface area contributed by atoms with Gasteiger partial charge in [0.1, 0.15) is 23.9 Å². The van der Waals surface area contributed by atoms with Crippen LogP contribution >= 0.6 is 0 Å². The molecule has 1 atom stereocenters. The van der Waals surface area contributed by atoms with Crippen LogP contribution in [0.4, 0.5) is 5.82 Å². The molecule has 0 amide bonds. The molecule has 1 aromatic heterocycles. The lowest BCUT2D eigenvalue weighted by Gasteiger charge is -2.26. The zero-order valence-corrected chi connectivity index (χ0v) is 24.4. The maximum absolute atomic E-state index is 13.7. The molecule has 2 heterocycles. The zero-order valence-electron chi connectivity index (χ0n) is 24.4. The third-order valence-corrected chi connectivity index (χ3v) is 6.94. The van der Waals surface area contributed by atoms with Crippen LogP contribution in [-0.2, 0) is 13.2 Å². The van der Waals surface area contributed by atoms with Crippen molar-refractivity contribution < 1.29 is 14.2 Å². The first-order valence-electron chi connectivity index (χ1n) is 14.2. The molecule has 0 saturated carbocycles. The van der Waals surface area contributed by atoms with Gasteiger partial charge in [0.15, 0.2) is 5.82 Å². The average Bonchev–Trinajstić information content (AvgIpc) is 3.05. The van der Waals surface area contributed by atoms with Crippen molar-refractivity contribution in [3.05, 3.63) is 100 Å². The van der Waals surface area contributed by atoms with E-state index in [1.54, 1.807) is 14.2 Å². The van der Waals surface area contributed by atoms with E-state index in [1.807, 2.05) is 97.4 Å². The fraction of sp³-hybridized carbons (Fsp3) is 0.333. The number of methoxy groups -OCH3 is 2. The molecule has 1 fully saturated rings. The topological polar surface area (TPSA) is 86.6 Å². The molecule has 1 aliphatic heterocycles. The van der Waals surface area contributed by atoms with Gasteiger partial charge in [0.2, 0.25) is 0 Å². The molecule has 4 aromatic rings. The van der Waals surface area contributed by atoms with Gasteiger partial charge in [-0.2, -0.15) is 0 Å². The highest BCUT2D eigenvalue weighted by Gasteiger charge is 2.21. The summed E-state index contributed by atoms with van der Waals surface area (Å²) in [6, 6.07) is 23.5. The second-order valence-corrected chi connectivity index (χ2v) is 9.49. The summed E-state index contributed by atoms with van der Waals surface area (Å²) >= 11 is 0. The predicted molar refractivity (Wildman–Crippen MR) is 164 cm³/mol. The molecular weight excluding hydrogens is 516 g/mol. The highest BCUT2D eigenvalue weighted by molar-refractivity contribution is 5.67. The molecule has 5 rings (SSSR count). The van der Waals surface area contributed by atoms with Crippen LogP contribution in [0.2, 0.25) is 0 Å². The summed E-state index contributed by atoms with van der Waals surface area (Å²) in [7, 11) is 3.23. The van der Waals surface area contributed by atoms with Crippen molar-refractivity contribution in [1.82, 2.24) is 14.9 Å². The largest absolute Gasteiger partial charge is 0.497 e. The lowest BCUT2D eigenvalue weighted by atomic mass is 10.1. The predicted octanol–water partition coefficient (Wildman–Crippen LogP) is 6.07. The summed E-state index contributed by atoms with van der Waals surface area (Å²) in [6.07, 6.45) is 3.80. The van der Waals surface area contributed by atoms with Gasteiger partial charge in [-0.1, -0.05) is 56.3 Å². The molecule has 8 heteroatoms. The summed E-state index contributed by atoms with van der Waals surface area (Å²) in [4.78, 5) is 18.5. The van der Waals surface area contributed by atoms with Crippen LogP contribution in [0.3, 0.4) is 0 Å².